The third-order valence-corrected chi connectivity index (χ3v) is 4.87. The van der Waals surface area contributed by atoms with Crippen molar-refractivity contribution in [3.8, 4) is 0 Å². The lowest BCUT2D eigenvalue weighted by Gasteiger charge is -2.34. The topological polar surface area (TPSA) is 90.1 Å². The molecule has 0 unspecified atom stereocenters. The summed E-state index contributed by atoms with van der Waals surface area (Å²) in [4.78, 5) is 22.8. The molecule has 0 radical (unpaired) electrons. The van der Waals surface area contributed by atoms with Crippen molar-refractivity contribution in [2.75, 3.05) is 0 Å². The molecule has 0 aliphatic heterocycles. The first-order valence-corrected chi connectivity index (χ1v) is 7.79. The molecule has 2 rings (SSSR count). The molecule has 22 heavy (non-hydrogen) atoms. The molecule has 0 saturated heterocycles. The summed E-state index contributed by atoms with van der Waals surface area (Å²) in [6.07, 6.45) is 3.33. The summed E-state index contributed by atoms with van der Waals surface area (Å²) < 4.78 is 1.42. The van der Waals surface area contributed by atoms with Gasteiger partial charge in [-0.25, -0.2) is 0 Å². The number of nitrogens with zero attached hydrogens (tertiary/aromatic N) is 3. The van der Waals surface area contributed by atoms with Crippen LogP contribution in [0.4, 0.5) is 5.69 Å². The highest BCUT2D eigenvalue weighted by Gasteiger charge is 2.29. The zero-order valence-corrected chi connectivity index (χ0v) is 13.6. The second kappa shape index (κ2) is 6.46. The number of nitrogens with one attached hydrogen (secondary N) is 1. The summed E-state index contributed by atoms with van der Waals surface area (Å²) in [7, 11) is 0. The summed E-state index contributed by atoms with van der Waals surface area (Å²) in [6, 6.07) is 0.184. The summed E-state index contributed by atoms with van der Waals surface area (Å²) in [6.45, 7) is 7.62. The lowest BCUT2D eigenvalue weighted by atomic mass is 9.78. The Morgan fingerprint density at radius 2 is 2.09 bits per heavy atom. The van der Waals surface area contributed by atoms with E-state index in [0.717, 1.165) is 12.8 Å². The second-order valence-electron chi connectivity index (χ2n) is 6.38. The predicted octanol–water partition coefficient (Wildman–Crippen LogP) is 2.35. The van der Waals surface area contributed by atoms with Crippen LogP contribution in [-0.2, 0) is 11.3 Å². The van der Waals surface area contributed by atoms with Gasteiger partial charge in [-0.05, 0) is 32.1 Å². The third-order valence-electron chi connectivity index (χ3n) is 4.87. The lowest BCUT2D eigenvalue weighted by Crippen LogP contribution is -2.45. The number of hydrogen-bond acceptors (Lipinski definition) is 4. The van der Waals surface area contributed by atoms with Crippen LogP contribution in [0.1, 0.15) is 44.5 Å². The minimum Gasteiger partial charge on any atom is -0.351 e. The number of rotatable bonds is 4. The van der Waals surface area contributed by atoms with E-state index < -0.39 is 4.92 Å². The monoisotopic (exact) mass is 308 g/mol. The van der Waals surface area contributed by atoms with Crippen LogP contribution in [0.25, 0.3) is 0 Å². The van der Waals surface area contributed by atoms with Crippen molar-refractivity contribution in [1.29, 1.82) is 0 Å². The minimum absolute atomic E-state index is 0.00698. The predicted molar refractivity (Wildman–Crippen MR) is 82.5 cm³/mol. The van der Waals surface area contributed by atoms with Gasteiger partial charge < -0.3 is 5.32 Å². The highest BCUT2D eigenvalue weighted by Crippen LogP contribution is 2.29. The molecule has 122 valence electrons. The van der Waals surface area contributed by atoms with Gasteiger partial charge in [0.1, 0.15) is 17.9 Å². The number of amides is 1. The van der Waals surface area contributed by atoms with E-state index in [1.165, 1.54) is 11.1 Å². The first-order chi connectivity index (χ1) is 10.3. The largest absolute Gasteiger partial charge is 0.351 e. The van der Waals surface area contributed by atoms with Crippen molar-refractivity contribution >= 4 is 11.6 Å². The van der Waals surface area contributed by atoms with Crippen LogP contribution in [0.2, 0.25) is 0 Å². The van der Waals surface area contributed by atoms with Gasteiger partial charge in [0.25, 0.3) is 0 Å². The molecule has 1 saturated carbocycles. The van der Waals surface area contributed by atoms with Gasteiger partial charge >= 0.3 is 5.69 Å². The molecule has 1 aliphatic rings. The van der Waals surface area contributed by atoms with Crippen LogP contribution in [0.3, 0.4) is 0 Å². The Bertz CT molecular complexity index is 582. The van der Waals surface area contributed by atoms with Crippen LogP contribution in [0.15, 0.2) is 0 Å². The summed E-state index contributed by atoms with van der Waals surface area (Å²) in [5, 5.41) is 18.2. The van der Waals surface area contributed by atoms with E-state index >= 15 is 0 Å². The summed E-state index contributed by atoms with van der Waals surface area (Å²) in [5.74, 6) is 0.924. The molecule has 1 aliphatic carbocycles. The number of nitro groups is 1. The van der Waals surface area contributed by atoms with Gasteiger partial charge in [0.2, 0.25) is 5.91 Å². The Kier molecular flexibility index (Phi) is 4.83. The summed E-state index contributed by atoms with van der Waals surface area (Å²) in [5.41, 5.74) is 0.755. The standard InChI is InChI=1S/C15H24N4O3/c1-9-6-5-7-13(10(9)2)16-14(20)8-18-12(4)15(19(21)22)11(3)17-18/h9-10,13H,5-8H2,1-4H3,(H,16,20)/t9-,10-,13-/m0/s1. The Balaban J connectivity index is 2.03. The molecule has 0 spiro atoms. The van der Waals surface area contributed by atoms with Gasteiger partial charge in [-0.3, -0.25) is 19.6 Å². The second-order valence-corrected chi connectivity index (χ2v) is 6.38. The molecule has 1 aromatic rings. The number of aromatic nitrogens is 2. The molecule has 1 N–H and O–H groups in total. The molecular weight excluding hydrogens is 284 g/mol. The highest BCUT2D eigenvalue weighted by atomic mass is 16.6. The normalized spacial score (nSPS) is 25.0. The fraction of sp³-hybridized carbons (Fsp3) is 0.733. The Morgan fingerprint density at radius 1 is 1.41 bits per heavy atom. The zero-order valence-electron chi connectivity index (χ0n) is 13.6. The number of carbonyl (C=O) groups is 1. The molecule has 1 fully saturated rings. The van der Waals surface area contributed by atoms with E-state index in [2.05, 4.69) is 24.3 Å². The average molecular weight is 308 g/mol. The van der Waals surface area contributed by atoms with Crippen molar-refractivity contribution in [2.24, 2.45) is 11.8 Å². The molecule has 7 heteroatoms. The van der Waals surface area contributed by atoms with Gasteiger partial charge in [0, 0.05) is 6.04 Å². The first kappa shape index (κ1) is 16.5. The average Bonchev–Trinajstić information content (AvgIpc) is 2.69. The maximum atomic E-state index is 12.2. The highest BCUT2D eigenvalue weighted by molar-refractivity contribution is 5.76. The number of aryl methyl sites for hydroxylation is 1. The molecular formula is C15H24N4O3. The molecule has 1 aromatic heterocycles. The van der Waals surface area contributed by atoms with Gasteiger partial charge in [0.15, 0.2) is 0 Å². The van der Waals surface area contributed by atoms with Crippen molar-refractivity contribution in [1.82, 2.24) is 15.1 Å². The molecule has 7 nitrogen and oxygen atoms in total. The van der Waals surface area contributed by atoms with Crippen molar-refractivity contribution in [3.05, 3.63) is 21.5 Å². The zero-order chi connectivity index (χ0) is 16.4. The minimum atomic E-state index is -0.447. The smallest absolute Gasteiger partial charge is 0.312 e. The number of carbonyl (C=O) groups excluding carboxylic acids is 1. The summed E-state index contributed by atoms with van der Waals surface area (Å²) >= 11 is 0. The Morgan fingerprint density at radius 3 is 2.68 bits per heavy atom. The van der Waals surface area contributed by atoms with Gasteiger partial charge in [0.05, 0.1) is 4.92 Å². The van der Waals surface area contributed by atoms with E-state index in [4.69, 9.17) is 0 Å². The molecule has 3 atom stereocenters. The van der Waals surface area contributed by atoms with Crippen LogP contribution in [0.5, 0.6) is 0 Å². The number of hydrogen-bond donors (Lipinski definition) is 1. The molecule has 0 bridgehead atoms. The maximum absolute atomic E-state index is 12.2. The van der Waals surface area contributed by atoms with Crippen molar-refractivity contribution < 1.29 is 9.72 Å². The van der Waals surface area contributed by atoms with E-state index in [1.807, 2.05) is 0 Å². The van der Waals surface area contributed by atoms with Crippen molar-refractivity contribution in [2.45, 2.75) is 59.5 Å². The lowest BCUT2D eigenvalue weighted by molar-refractivity contribution is -0.386. The Hall–Kier alpha value is -1.92. The van der Waals surface area contributed by atoms with Gasteiger partial charge in [-0.1, -0.05) is 26.7 Å². The van der Waals surface area contributed by atoms with E-state index in [1.54, 1.807) is 13.8 Å². The van der Waals surface area contributed by atoms with Gasteiger partial charge in [-0.2, -0.15) is 5.10 Å². The third kappa shape index (κ3) is 3.28. The van der Waals surface area contributed by atoms with E-state index in [-0.39, 0.29) is 24.2 Å². The SMILES string of the molecule is Cc1nn(CC(=O)N[C@H]2CCC[C@H](C)[C@@H]2C)c(C)c1[N+](=O)[O-]. The molecule has 0 aromatic carbocycles. The van der Waals surface area contributed by atoms with E-state index in [9.17, 15) is 14.9 Å². The van der Waals surface area contributed by atoms with Crippen LogP contribution in [0, 0.1) is 35.8 Å². The van der Waals surface area contributed by atoms with Crippen LogP contribution < -0.4 is 5.32 Å². The quantitative estimate of drug-likeness (QED) is 0.683. The fourth-order valence-corrected chi connectivity index (χ4v) is 3.28. The van der Waals surface area contributed by atoms with Crippen LogP contribution in [-0.4, -0.2) is 26.7 Å². The fourth-order valence-electron chi connectivity index (χ4n) is 3.28. The van der Waals surface area contributed by atoms with Crippen molar-refractivity contribution in [3.63, 3.8) is 0 Å². The Labute approximate surface area is 130 Å². The molecule has 1 heterocycles. The molecule has 1 amide bonds. The van der Waals surface area contributed by atoms with Gasteiger partial charge in [-0.15, -0.1) is 0 Å². The first-order valence-electron chi connectivity index (χ1n) is 7.79. The van der Waals surface area contributed by atoms with Crippen LogP contribution >= 0.6 is 0 Å². The maximum Gasteiger partial charge on any atom is 0.312 e. The van der Waals surface area contributed by atoms with E-state index in [0.29, 0.717) is 23.2 Å².